The zero-order chi connectivity index (χ0) is 31.0. The molecule has 1 aliphatic rings. The van der Waals surface area contributed by atoms with Crippen molar-refractivity contribution < 1.29 is 32.9 Å². The minimum Gasteiger partial charge on any atom is -0.507 e. The van der Waals surface area contributed by atoms with Gasteiger partial charge in [0.05, 0.1) is 16.8 Å². The van der Waals surface area contributed by atoms with E-state index in [1.165, 1.54) is 0 Å². The number of hydrogen-bond acceptors (Lipinski definition) is 7. The Bertz CT molecular complexity index is 1600. The molecule has 43 heavy (non-hydrogen) atoms. The SMILES string of the molecule is N#Cc1c(C2CCCNC2)cc(-c2c(O)cccc2OCc2ccc(-c3ccccc3)cc2)nc1N.O=C(O)C(F)(F)F. The summed E-state index contributed by atoms with van der Waals surface area (Å²) in [6.45, 7) is 2.08. The zero-order valence-electron chi connectivity index (χ0n) is 22.9. The van der Waals surface area contributed by atoms with Crippen molar-refractivity contribution in [3.8, 4) is 40.0 Å². The monoisotopic (exact) mass is 590 g/mol. The number of aromatic nitrogens is 1. The van der Waals surface area contributed by atoms with Gasteiger partial charge in [-0.3, -0.25) is 0 Å². The summed E-state index contributed by atoms with van der Waals surface area (Å²) in [6, 6.07) is 27.7. The summed E-state index contributed by atoms with van der Waals surface area (Å²) < 4.78 is 37.9. The molecule has 1 aromatic heterocycles. The summed E-state index contributed by atoms with van der Waals surface area (Å²) in [5, 5.41) is 31.0. The fourth-order valence-corrected chi connectivity index (χ4v) is 4.76. The molecule has 0 amide bonds. The summed E-state index contributed by atoms with van der Waals surface area (Å²) in [6.07, 6.45) is -3.09. The molecular formula is C32H29F3N4O4. The van der Waals surface area contributed by atoms with Crippen LogP contribution < -0.4 is 15.8 Å². The Hall–Kier alpha value is -5.08. The lowest BCUT2D eigenvalue weighted by Crippen LogP contribution is -2.29. The van der Waals surface area contributed by atoms with Gasteiger partial charge >= 0.3 is 12.1 Å². The number of hydrogen-bond donors (Lipinski definition) is 4. The summed E-state index contributed by atoms with van der Waals surface area (Å²) in [7, 11) is 0. The van der Waals surface area contributed by atoms with Gasteiger partial charge in [0.25, 0.3) is 0 Å². The first-order chi connectivity index (χ1) is 20.6. The quantitative estimate of drug-likeness (QED) is 0.206. The number of nitrogens with one attached hydrogen (secondary N) is 1. The van der Waals surface area contributed by atoms with E-state index >= 15 is 0 Å². The smallest absolute Gasteiger partial charge is 0.490 e. The molecule has 1 unspecified atom stereocenters. The lowest BCUT2D eigenvalue weighted by Gasteiger charge is -2.25. The van der Waals surface area contributed by atoms with E-state index in [2.05, 4.69) is 40.6 Å². The largest absolute Gasteiger partial charge is 0.507 e. The van der Waals surface area contributed by atoms with E-state index < -0.39 is 12.1 Å². The molecule has 222 valence electrons. The Morgan fingerprint density at radius 1 is 1.07 bits per heavy atom. The Balaban J connectivity index is 0.000000541. The van der Waals surface area contributed by atoms with Gasteiger partial charge in [-0.1, -0.05) is 60.7 Å². The molecule has 5 N–H and O–H groups in total. The number of nitrogen functional groups attached to an aromatic ring is 1. The van der Waals surface area contributed by atoms with Crippen molar-refractivity contribution in [3.63, 3.8) is 0 Å². The second-order valence-electron chi connectivity index (χ2n) is 9.82. The highest BCUT2D eigenvalue weighted by Gasteiger charge is 2.38. The van der Waals surface area contributed by atoms with Gasteiger partial charge in [0.2, 0.25) is 0 Å². The molecule has 0 aliphatic carbocycles. The van der Waals surface area contributed by atoms with E-state index in [9.17, 15) is 23.5 Å². The highest BCUT2D eigenvalue weighted by atomic mass is 19.4. The van der Waals surface area contributed by atoms with Crippen LogP contribution in [0.4, 0.5) is 19.0 Å². The predicted molar refractivity (Wildman–Crippen MR) is 155 cm³/mol. The molecule has 1 fully saturated rings. The number of carboxylic acid groups (broad SMARTS) is 1. The van der Waals surface area contributed by atoms with Crippen LogP contribution in [0.15, 0.2) is 78.9 Å². The molecule has 1 atom stereocenters. The number of halogens is 3. The lowest BCUT2D eigenvalue weighted by molar-refractivity contribution is -0.192. The lowest BCUT2D eigenvalue weighted by atomic mass is 9.88. The Morgan fingerprint density at radius 3 is 2.35 bits per heavy atom. The molecule has 11 heteroatoms. The van der Waals surface area contributed by atoms with Crippen LogP contribution >= 0.6 is 0 Å². The topological polar surface area (TPSA) is 141 Å². The van der Waals surface area contributed by atoms with Gasteiger partial charge in [-0.05, 0) is 65.8 Å². The maximum Gasteiger partial charge on any atom is 0.490 e. The highest BCUT2D eigenvalue weighted by Crippen LogP contribution is 2.40. The maximum absolute atomic E-state index is 10.8. The molecule has 8 nitrogen and oxygen atoms in total. The Morgan fingerprint density at radius 2 is 1.74 bits per heavy atom. The molecule has 0 radical (unpaired) electrons. The summed E-state index contributed by atoms with van der Waals surface area (Å²) in [5.74, 6) is -1.87. The average molecular weight is 591 g/mol. The van der Waals surface area contributed by atoms with Gasteiger partial charge in [0.1, 0.15) is 30.0 Å². The Kier molecular flexibility index (Phi) is 9.85. The third kappa shape index (κ3) is 7.81. The van der Waals surface area contributed by atoms with Gasteiger partial charge in [0.15, 0.2) is 0 Å². The van der Waals surface area contributed by atoms with E-state index in [1.807, 2.05) is 42.5 Å². The van der Waals surface area contributed by atoms with Gasteiger partial charge in [-0.2, -0.15) is 18.4 Å². The number of phenols is 1. The van der Waals surface area contributed by atoms with E-state index in [0.717, 1.165) is 48.2 Å². The molecule has 2 heterocycles. The van der Waals surface area contributed by atoms with Crippen LogP contribution in [0.1, 0.15) is 35.4 Å². The predicted octanol–water partition coefficient (Wildman–Crippen LogP) is 6.25. The number of anilines is 1. The second-order valence-corrected chi connectivity index (χ2v) is 9.82. The molecule has 0 bridgehead atoms. The number of nitrogens with two attached hydrogens (primary N) is 1. The van der Waals surface area contributed by atoms with Crippen LogP contribution in [0.5, 0.6) is 11.5 Å². The number of pyridine rings is 1. The van der Waals surface area contributed by atoms with Crippen molar-refractivity contribution in [2.75, 3.05) is 18.8 Å². The van der Waals surface area contributed by atoms with Gasteiger partial charge < -0.3 is 26.0 Å². The second kappa shape index (κ2) is 13.7. The van der Waals surface area contributed by atoms with Crippen molar-refractivity contribution in [1.82, 2.24) is 10.3 Å². The number of carbonyl (C=O) groups is 1. The zero-order valence-corrected chi connectivity index (χ0v) is 22.9. The van der Waals surface area contributed by atoms with Crippen molar-refractivity contribution in [1.29, 1.82) is 5.26 Å². The molecular weight excluding hydrogens is 561 g/mol. The normalized spacial score (nSPS) is 14.6. The number of rotatable bonds is 6. The number of phenolic OH excluding ortho intramolecular Hbond substituents is 1. The standard InChI is InChI=1S/C30H28N4O2.C2HF3O2/c31-17-25-24(23-8-5-15-33-18-23)16-26(34-30(25)32)29-27(35)9-4-10-28(29)36-19-20-11-13-22(14-12-20)21-6-2-1-3-7-21;3-2(4,5)1(6)7/h1-4,6-7,9-14,16,23,33,35H,5,8,15,18-19H2,(H2,32,34);(H,6,7). The van der Waals surface area contributed by atoms with Crippen molar-refractivity contribution >= 4 is 11.8 Å². The molecule has 3 aromatic carbocycles. The first kappa shape index (κ1) is 30.9. The van der Waals surface area contributed by atoms with Crippen LogP contribution in [0.3, 0.4) is 0 Å². The van der Waals surface area contributed by atoms with Crippen molar-refractivity contribution in [2.45, 2.75) is 31.5 Å². The number of ether oxygens (including phenoxy) is 1. The van der Waals surface area contributed by atoms with Crippen LogP contribution in [0.2, 0.25) is 0 Å². The third-order valence-electron chi connectivity index (χ3n) is 6.88. The van der Waals surface area contributed by atoms with Gasteiger partial charge in [-0.25, -0.2) is 9.78 Å². The van der Waals surface area contributed by atoms with E-state index in [-0.39, 0.29) is 17.5 Å². The van der Waals surface area contributed by atoms with Gasteiger partial charge in [0, 0.05) is 6.54 Å². The number of nitrogens with zero attached hydrogens (tertiary/aromatic N) is 2. The first-order valence-corrected chi connectivity index (χ1v) is 13.4. The molecule has 0 saturated carbocycles. The van der Waals surface area contributed by atoms with Crippen LogP contribution in [0, 0.1) is 11.3 Å². The summed E-state index contributed by atoms with van der Waals surface area (Å²) >= 11 is 0. The maximum atomic E-state index is 10.8. The Labute approximate surface area is 246 Å². The van der Waals surface area contributed by atoms with Crippen molar-refractivity contribution in [2.24, 2.45) is 0 Å². The fourth-order valence-electron chi connectivity index (χ4n) is 4.76. The number of nitriles is 1. The molecule has 1 aliphatic heterocycles. The number of aliphatic carboxylic acids is 1. The van der Waals surface area contributed by atoms with E-state index in [0.29, 0.717) is 29.2 Å². The first-order valence-electron chi connectivity index (χ1n) is 13.4. The average Bonchev–Trinajstić information content (AvgIpc) is 3.00. The van der Waals surface area contributed by atoms with E-state index in [4.69, 9.17) is 20.4 Å². The number of aromatic hydroxyl groups is 1. The minimum atomic E-state index is -5.08. The number of piperidine rings is 1. The molecule has 5 rings (SSSR count). The number of benzene rings is 3. The third-order valence-corrected chi connectivity index (χ3v) is 6.88. The fraction of sp³-hybridized carbons (Fsp3) is 0.219. The van der Waals surface area contributed by atoms with E-state index in [1.54, 1.807) is 12.1 Å². The van der Waals surface area contributed by atoms with Gasteiger partial charge in [-0.15, -0.1) is 0 Å². The summed E-state index contributed by atoms with van der Waals surface area (Å²) in [4.78, 5) is 13.4. The van der Waals surface area contributed by atoms with Crippen LogP contribution in [-0.2, 0) is 11.4 Å². The molecule has 4 aromatic rings. The highest BCUT2D eigenvalue weighted by molar-refractivity contribution is 5.77. The van der Waals surface area contributed by atoms with Crippen LogP contribution in [0.25, 0.3) is 22.4 Å². The molecule has 0 spiro atoms. The molecule has 1 saturated heterocycles. The number of carboxylic acids is 1. The van der Waals surface area contributed by atoms with Crippen LogP contribution in [-0.4, -0.2) is 40.4 Å². The van der Waals surface area contributed by atoms with Crippen molar-refractivity contribution in [3.05, 3.63) is 95.6 Å². The minimum absolute atomic E-state index is 0.0521. The summed E-state index contributed by atoms with van der Waals surface area (Å²) in [5.41, 5.74) is 11.8. The number of alkyl halides is 3.